The summed E-state index contributed by atoms with van der Waals surface area (Å²) in [7, 11) is 2.57. The third-order valence-electron chi connectivity index (χ3n) is 11.7. The Morgan fingerprint density at radius 3 is 1.90 bits per heavy atom. The summed E-state index contributed by atoms with van der Waals surface area (Å²) in [6.07, 6.45) is 7.51. The number of H-pyrrole nitrogens is 2. The SMILES string of the molecule is COC(=O)N[C@@H](Cc1ccccc1)C(=O)N1CCC[C@H]1c1ncc(-c2ccc3nc(-c4ccc(-c5cnc([C@@H]6CCCN6C(=O)[C@@H](NC(=O)OC)C(C)C)[nH]5)cc4)cnc3c2)[nH]1. The molecule has 0 radical (unpaired) electrons. The first-order valence-corrected chi connectivity index (χ1v) is 20.9. The molecule has 2 saturated heterocycles. The molecule has 0 unspecified atom stereocenters. The van der Waals surface area contributed by atoms with Gasteiger partial charge >= 0.3 is 12.2 Å². The molecular weight excluding hydrogens is 789 g/mol. The van der Waals surface area contributed by atoms with Crippen molar-refractivity contribution in [2.75, 3.05) is 27.3 Å². The van der Waals surface area contributed by atoms with E-state index in [0.717, 1.165) is 76.1 Å². The molecule has 62 heavy (non-hydrogen) atoms. The molecule has 4 atom stereocenters. The van der Waals surface area contributed by atoms with Crippen LogP contribution in [-0.4, -0.2) is 103 Å². The molecule has 2 aliphatic rings. The van der Waals surface area contributed by atoms with Gasteiger partial charge in [-0.25, -0.2) is 24.5 Å². The number of ether oxygens (including phenoxy) is 2. The Kier molecular flexibility index (Phi) is 12.3. The van der Waals surface area contributed by atoms with E-state index in [0.29, 0.717) is 31.2 Å². The van der Waals surface area contributed by atoms with E-state index in [1.807, 2.05) is 86.6 Å². The van der Waals surface area contributed by atoms with Crippen LogP contribution in [0.25, 0.3) is 44.8 Å². The van der Waals surface area contributed by atoms with Crippen LogP contribution in [0.2, 0.25) is 0 Å². The lowest BCUT2D eigenvalue weighted by molar-refractivity contribution is -0.135. The number of alkyl carbamates (subject to hydrolysis) is 2. The van der Waals surface area contributed by atoms with Crippen LogP contribution in [0.3, 0.4) is 0 Å². The second kappa shape index (κ2) is 18.3. The first-order chi connectivity index (χ1) is 30.1. The number of carbonyl (C=O) groups is 4. The van der Waals surface area contributed by atoms with E-state index >= 15 is 0 Å². The second-order valence-corrected chi connectivity index (χ2v) is 16.0. The maximum atomic E-state index is 13.9. The summed E-state index contributed by atoms with van der Waals surface area (Å²) in [5, 5.41) is 5.43. The fourth-order valence-corrected chi connectivity index (χ4v) is 8.40. The maximum Gasteiger partial charge on any atom is 0.407 e. The number of methoxy groups -OCH3 is 2. The number of likely N-dealkylation sites (tertiary alicyclic amines) is 2. The molecule has 16 heteroatoms. The molecule has 0 bridgehead atoms. The maximum absolute atomic E-state index is 13.9. The minimum atomic E-state index is -0.789. The van der Waals surface area contributed by atoms with Gasteiger partial charge in [-0.1, -0.05) is 74.5 Å². The van der Waals surface area contributed by atoms with Crippen LogP contribution >= 0.6 is 0 Å². The van der Waals surface area contributed by atoms with Crippen LogP contribution in [0.4, 0.5) is 9.59 Å². The van der Waals surface area contributed by atoms with E-state index in [-0.39, 0.29) is 29.8 Å². The van der Waals surface area contributed by atoms with Crippen LogP contribution in [0.1, 0.15) is 68.8 Å². The normalized spacial score (nSPS) is 17.2. The van der Waals surface area contributed by atoms with Crippen molar-refractivity contribution in [2.24, 2.45) is 5.92 Å². The number of amides is 4. The van der Waals surface area contributed by atoms with E-state index in [4.69, 9.17) is 24.4 Å². The van der Waals surface area contributed by atoms with Gasteiger partial charge in [-0.05, 0) is 54.9 Å². The fourth-order valence-electron chi connectivity index (χ4n) is 8.40. The van der Waals surface area contributed by atoms with Crippen LogP contribution in [0.15, 0.2) is 91.4 Å². The molecule has 3 aromatic heterocycles. The number of nitrogens with zero attached hydrogens (tertiary/aromatic N) is 6. The van der Waals surface area contributed by atoms with E-state index in [9.17, 15) is 19.2 Å². The Hall–Kier alpha value is -7.10. The minimum Gasteiger partial charge on any atom is -0.453 e. The Morgan fingerprint density at radius 1 is 0.694 bits per heavy atom. The lowest BCUT2D eigenvalue weighted by Gasteiger charge is -2.30. The first-order valence-electron chi connectivity index (χ1n) is 20.9. The summed E-state index contributed by atoms with van der Waals surface area (Å²) >= 11 is 0. The number of hydrogen-bond donors (Lipinski definition) is 4. The Labute approximate surface area is 358 Å². The zero-order chi connectivity index (χ0) is 43.3. The van der Waals surface area contributed by atoms with E-state index in [1.54, 1.807) is 28.4 Å². The molecule has 0 aliphatic carbocycles. The zero-order valence-corrected chi connectivity index (χ0v) is 35.1. The van der Waals surface area contributed by atoms with Crippen molar-refractivity contribution in [1.29, 1.82) is 0 Å². The van der Waals surface area contributed by atoms with Gasteiger partial charge in [0.05, 0.1) is 73.0 Å². The number of imidazole rings is 2. The summed E-state index contributed by atoms with van der Waals surface area (Å²) in [4.78, 5) is 81.3. The van der Waals surface area contributed by atoms with Gasteiger partial charge in [0.2, 0.25) is 11.8 Å². The molecule has 16 nitrogen and oxygen atoms in total. The third-order valence-corrected chi connectivity index (χ3v) is 11.7. The van der Waals surface area contributed by atoms with Gasteiger partial charge in [0.15, 0.2) is 0 Å². The van der Waals surface area contributed by atoms with E-state index in [2.05, 4.69) is 25.6 Å². The summed E-state index contributed by atoms with van der Waals surface area (Å²) in [5.41, 5.74) is 7.45. The Bertz CT molecular complexity index is 2560. The number of nitrogens with one attached hydrogen (secondary N) is 4. The monoisotopic (exact) mass is 838 g/mol. The lowest BCUT2D eigenvalue weighted by Crippen LogP contribution is -2.51. The van der Waals surface area contributed by atoms with Crippen LogP contribution < -0.4 is 10.6 Å². The fraction of sp³-hybridized carbons (Fsp3) is 0.348. The van der Waals surface area contributed by atoms with Gasteiger partial charge in [0.25, 0.3) is 0 Å². The molecule has 2 aliphatic heterocycles. The number of hydrogen-bond acceptors (Lipinski definition) is 10. The molecule has 0 spiro atoms. The highest BCUT2D eigenvalue weighted by atomic mass is 16.5. The molecular formula is C46H50N10O6. The second-order valence-electron chi connectivity index (χ2n) is 16.0. The summed E-state index contributed by atoms with van der Waals surface area (Å²) in [6, 6.07) is 21.5. The van der Waals surface area contributed by atoms with Crippen molar-refractivity contribution in [3.05, 3.63) is 109 Å². The molecule has 2 fully saturated rings. The molecule has 6 aromatic rings. The minimum absolute atomic E-state index is 0.116. The van der Waals surface area contributed by atoms with Crippen molar-refractivity contribution in [3.8, 4) is 33.8 Å². The number of benzene rings is 3. The highest BCUT2D eigenvalue weighted by Gasteiger charge is 2.38. The van der Waals surface area contributed by atoms with Crippen molar-refractivity contribution in [2.45, 2.75) is 70.1 Å². The molecule has 4 N–H and O–H groups in total. The first kappa shape index (κ1) is 41.6. The topological polar surface area (TPSA) is 200 Å². The zero-order valence-electron chi connectivity index (χ0n) is 35.1. The number of carbonyl (C=O) groups excluding carboxylic acids is 4. The number of aromatic amines is 2. The van der Waals surface area contributed by atoms with Crippen molar-refractivity contribution in [1.82, 2.24) is 50.3 Å². The largest absolute Gasteiger partial charge is 0.453 e. The smallest absolute Gasteiger partial charge is 0.407 e. The van der Waals surface area contributed by atoms with E-state index < -0.39 is 24.3 Å². The summed E-state index contributed by atoms with van der Waals surface area (Å²) < 4.78 is 9.60. The van der Waals surface area contributed by atoms with E-state index in [1.165, 1.54) is 14.2 Å². The highest BCUT2D eigenvalue weighted by Crippen LogP contribution is 2.35. The standard InChI is InChI=1S/C46H50N10O6/c1-27(2)40(54-46(60)62-4)44(58)56-21-9-13-39(56)42-48-25-36(51-42)30-16-14-29(15-17-30)35-24-47-33-23-31(18-19-32(33)50-35)37-26-49-41(52-37)38-12-8-20-55(38)43(57)34(53-45(59)61-3)22-28-10-6-5-7-11-28/h5-7,10-11,14-19,23-27,34,38-40H,8-9,12-13,20-22H2,1-4H3,(H,48,51)(H,49,52)(H,53,59)(H,54,60)/t34-,38-,39-,40-/m0/s1. The number of aromatic nitrogens is 6. The average Bonchev–Trinajstić information content (AvgIpc) is 4.15. The Morgan fingerprint density at radius 2 is 1.27 bits per heavy atom. The average molecular weight is 839 g/mol. The van der Waals surface area contributed by atoms with Gasteiger partial charge < -0.3 is 39.9 Å². The van der Waals surface area contributed by atoms with Crippen LogP contribution in [0, 0.1) is 5.92 Å². The highest BCUT2D eigenvalue weighted by molar-refractivity contribution is 5.87. The number of fused-ring (bicyclic) bond motifs is 1. The Balaban J connectivity index is 0.936. The van der Waals surface area contributed by atoms with Crippen molar-refractivity contribution < 1.29 is 28.7 Å². The predicted molar refractivity (Wildman–Crippen MR) is 231 cm³/mol. The summed E-state index contributed by atoms with van der Waals surface area (Å²) in [6.45, 7) is 4.92. The molecule has 3 aromatic carbocycles. The molecule has 0 saturated carbocycles. The van der Waals surface area contributed by atoms with Crippen LogP contribution in [-0.2, 0) is 25.5 Å². The molecule has 8 rings (SSSR count). The van der Waals surface area contributed by atoms with Gasteiger partial charge in [-0.15, -0.1) is 0 Å². The number of rotatable bonds is 12. The lowest BCUT2D eigenvalue weighted by atomic mass is 10.0. The molecule has 4 amide bonds. The predicted octanol–water partition coefficient (Wildman–Crippen LogP) is 6.75. The molecule has 5 heterocycles. The van der Waals surface area contributed by atoms with Gasteiger partial charge in [0.1, 0.15) is 23.7 Å². The van der Waals surface area contributed by atoms with Gasteiger partial charge in [-0.2, -0.15) is 0 Å². The van der Waals surface area contributed by atoms with Gasteiger partial charge in [0, 0.05) is 30.6 Å². The van der Waals surface area contributed by atoms with Crippen molar-refractivity contribution in [3.63, 3.8) is 0 Å². The van der Waals surface area contributed by atoms with Gasteiger partial charge in [-0.3, -0.25) is 14.6 Å². The summed E-state index contributed by atoms with van der Waals surface area (Å²) in [5.74, 6) is 0.930. The molecule has 320 valence electrons. The van der Waals surface area contributed by atoms with Crippen molar-refractivity contribution >= 4 is 35.0 Å². The quantitative estimate of drug-likeness (QED) is 0.102. The van der Waals surface area contributed by atoms with Crippen LogP contribution in [0.5, 0.6) is 0 Å². The third kappa shape index (κ3) is 8.85.